The van der Waals surface area contributed by atoms with Crippen molar-refractivity contribution in [2.75, 3.05) is 25.2 Å². The highest BCUT2D eigenvalue weighted by atomic mass is 32.2. The third kappa shape index (κ3) is 2.61. The number of hydrogen-bond donors (Lipinski definition) is 2. The second-order valence-corrected chi connectivity index (χ2v) is 5.76. The third-order valence-electron chi connectivity index (χ3n) is 3.32. The number of anilines is 1. The van der Waals surface area contributed by atoms with Crippen LogP contribution in [0.2, 0.25) is 0 Å². The minimum absolute atomic E-state index is 0.211. The van der Waals surface area contributed by atoms with Gasteiger partial charge in [-0.1, -0.05) is 6.07 Å². The average molecular weight is 268 g/mol. The van der Waals surface area contributed by atoms with E-state index >= 15 is 0 Å². The Morgan fingerprint density at radius 1 is 1.50 bits per heavy atom. The molecule has 1 aromatic carbocycles. The minimum atomic E-state index is -0.406. The van der Waals surface area contributed by atoms with Crippen molar-refractivity contribution < 1.29 is 9.18 Å². The highest BCUT2D eigenvalue weighted by Gasteiger charge is 2.42. The summed E-state index contributed by atoms with van der Waals surface area (Å²) < 4.78 is 13.7. The van der Waals surface area contributed by atoms with Crippen molar-refractivity contribution in [2.45, 2.75) is 17.6 Å². The van der Waals surface area contributed by atoms with E-state index in [-0.39, 0.29) is 16.3 Å². The second-order valence-electron chi connectivity index (χ2n) is 4.48. The van der Waals surface area contributed by atoms with Crippen molar-refractivity contribution in [3.63, 3.8) is 0 Å². The van der Waals surface area contributed by atoms with Crippen molar-refractivity contribution in [2.24, 2.45) is 0 Å². The highest BCUT2D eigenvalue weighted by molar-refractivity contribution is 8.00. The predicted octanol–water partition coefficient (Wildman–Crippen LogP) is 2.49. The number of hydrogen-bond acceptors (Lipinski definition) is 3. The highest BCUT2D eigenvalue weighted by Crippen LogP contribution is 2.46. The Balaban J connectivity index is 2.07. The standard InChI is InChI=1S/C13H17FN2OS/c1-15-11-9(4-3-5-10(11)14)12(17)16-8-13(18-2)6-7-13/h3-5,15H,6-8H2,1-2H3,(H,16,17). The van der Waals surface area contributed by atoms with Crippen LogP contribution in [0.3, 0.4) is 0 Å². The van der Waals surface area contributed by atoms with E-state index in [2.05, 4.69) is 16.9 Å². The number of amides is 1. The monoisotopic (exact) mass is 268 g/mol. The van der Waals surface area contributed by atoms with Gasteiger partial charge in [0.25, 0.3) is 5.91 Å². The normalized spacial score (nSPS) is 16.2. The molecule has 0 aliphatic heterocycles. The smallest absolute Gasteiger partial charge is 0.253 e. The van der Waals surface area contributed by atoms with Crippen LogP contribution in [0.1, 0.15) is 23.2 Å². The lowest BCUT2D eigenvalue weighted by atomic mass is 10.1. The number of halogens is 1. The zero-order chi connectivity index (χ0) is 13.2. The molecule has 0 heterocycles. The largest absolute Gasteiger partial charge is 0.385 e. The molecule has 0 radical (unpaired) electrons. The van der Waals surface area contributed by atoms with E-state index in [9.17, 15) is 9.18 Å². The van der Waals surface area contributed by atoms with Gasteiger partial charge in [-0.05, 0) is 31.2 Å². The number of nitrogens with one attached hydrogen (secondary N) is 2. The number of thioether (sulfide) groups is 1. The number of benzene rings is 1. The molecule has 0 spiro atoms. The van der Waals surface area contributed by atoms with Crippen LogP contribution >= 0.6 is 11.8 Å². The van der Waals surface area contributed by atoms with E-state index in [1.807, 2.05) is 0 Å². The van der Waals surface area contributed by atoms with Crippen LogP contribution in [-0.2, 0) is 0 Å². The molecular weight excluding hydrogens is 251 g/mol. The lowest BCUT2D eigenvalue weighted by molar-refractivity contribution is 0.0953. The molecule has 1 fully saturated rings. The number of carbonyl (C=O) groups is 1. The fourth-order valence-corrected chi connectivity index (χ4v) is 2.62. The van der Waals surface area contributed by atoms with Gasteiger partial charge in [-0.25, -0.2) is 4.39 Å². The Bertz CT molecular complexity index is 460. The minimum Gasteiger partial charge on any atom is -0.385 e. The van der Waals surface area contributed by atoms with Gasteiger partial charge < -0.3 is 10.6 Å². The molecule has 5 heteroatoms. The van der Waals surface area contributed by atoms with Gasteiger partial charge in [0.2, 0.25) is 0 Å². The van der Waals surface area contributed by atoms with Crippen molar-refractivity contribution in [3.05, 3.63) is 29.6 Å². The van der Waals surface area contributed by atoms with Crippen LogP contribution in [-0.4, -0.2) is 30.5 Å². The molecule has 0 saturated heterocycles. The molecule has 0 aromatic heterocycles. The summed E-state index contributed by atoms with van der Waals surface area (Å²) in [6.45, 7) is 0.646. The van der Waals surface area contributed by atoms with Gasteiger partial charge in [0.1, 0.15) is 5.82 Å². The van der Waals surface area contributed by atoms with E-state index in [0.29, 0.717) is 12.1 Å². The van der Waals surface area contributed by atoms with Crippen molar-refractivity contribution in [3.8, 4) is 0 Å². The fourth-order valence-electron chi connectivity index (χ4n) is 1.90. The van der Waals surface area contributed by atoms with Gasteiger partial charge in [-0.3, -0.25) is 4.79 Å². The third-order valence-corrected chi connectivity index (χ3v) is 4.74. The first-order valence-corrected chi connectivity index (χ1v) is 7.14. The number of carbonyl (C=O) groups excluding carboxylic acids is 1. The van der Waals surface area contributed by atoms with Gasteiger partial charge in [0.15, 0.2) is 0 Å². The molecule has 3 nitrogen and oxygen atoms in total. The quantitative estimate of drug-likeness (QED) is 0.862. The molecule has 98 valence electrons. The van der Waals surface area contributed by atoms with Crippen molar-refractivity contribution in [1.82, 2.24) is 5.32 Å². The van der Waals surface area contributed by atoms with Crippen LogP contribution in [0.15, 0.2) is 18.2 Å². The summed E-state index contributed by atoms with van der Waals surface area (Å²) in [5, 5.41) is 5.62. The summed E-state index contributed by atoms with van der Waals surface area (Å²) in [6.07, 6.45) is 4.33. The summed E-state index contributed by atoms with van der Waals surface area (Å²) in [5.74, 6) is -0.629. The molecule has 1 aliphatic rings. The van der Waals surface area contributed by atoms with E-state index in [4.69, 9.17) is 0 Å². The van der Waals surface area contributed by atoms with E-state index in [1.54, 1.807) is 30.9 Å². The summed E-state index contributed by atoms with van der Waals surface area (Å²) >= 11 is 1.78. The van der Waals surface area contributed by atoms with Gasteiger partial charge in [0.05, 0.1) is 11.3 Å². The van der Waals surface area contributed by atoms with Gasteiger partial charge in [0, 0.05) is 18.3 Å². The van der Waals surface area contributed by atoms with Crippen LogP contribution in [0, 0.1) is 5.82 Å². The second kappa shape index (κ2) is 5.18. The molecule has 1 saturated carbocycles. The van der Waals surface area contributed by atoms with E-state index in [0.717, 1.165) is 12.8 Å². The fraction of sp³-hybridized carbons (Fsp3) is 0.462. The molecule has 0 atom stereocenters. The molecule has 2 N–H and O–H groups in total. The van der Waals surface area contributed by atoms with Gasteiger partial charge in [-0.15, -0.1) is 0 Å². The maximum atomic E-state index is 13.5. The lowest BCUT2D eigenvalue weighted by Gasteiger charge is -2.14. The molecule has 2 rings (SSSR count). The Kier molecular flexibility index (Phi) is 3.80. The number of rotatable bonds is 5. The first-order chi connectivity index (χ1) is 8.62. The van der Waals surface area contributed by atoms with Crippen molar-refractivity contribution >= 4 is 23.4 Å². The van der Waals surface area contributed by atoms with Crippen LogP contribution in [0.25, 0.3) is 0 Å². The zero-order valence-corrected chi connectivity index (χ0v) is 11.4. The Hall–Kier alpha value is -1.23. The van der Waals surface area contributed by atoms with Crippen LogP contribution in [0.4, 0.5) is 10.1 Å². The molecule has 18 heavy (non-hydrogen) atoms. The van der Waals surface area contributed by atoms with Crippen molar-refractivity contribution in [1.29, 1.82) is 0 Å². The maximum absolute atomic E-state index is 13.5. The topological polar surface area (TPSA) is 41.1 Å². The van der Waals surface area contributed by atoms with Gasteiger partial charge >= 0.3 is 0 Å². The van der Waals surface area contributed by atoms with E-state index in [1.165, 1.54) is 6.07 Å². The molecule has 1 aromatic rings. The Labute approximate surface area is 111 Å². The maximum Gasteiger partial charge on any atom is 0.253 e. The first kappa shape index (κ1) is 13.2. The summed E-state index contributed by atoms with van der Waals surface area (Å²) in [5.41, 5.74) is 0.610. The lowest BCUT2D eigenvalue weighted by Crippen LogP contribution is -2.32. The van der Waals surface area contributed by atoms with Crippen LogP contribution < -0.4 is 10.6 Å². The number of para-hydroxylation sites is 1. The van der Waals surface area contributed by atoms with Gasteiger partial charge in [-0.2, -0.15) is 11.8 Å². The zero-order valence-electron chi connectivity index (χ0n) is 10.5. The summed E-state index contributed by atoms with van der Waals surface area (Å²) in [6, 6.07) is 4.52. The summed E-state index contributed by atoms with van der Waals surface area (Å²) in [7, 11) is 1.61. The molecular formula is C13H17FN2OS. The molecule has 0 bridgehead atoms. The first-order valence-electron chi connectivity index (χ1n) is 5.91. The predicted molar refractivity (Wildman–Crippen MR) is 73.8 cm³/mol. The molecule has 0 unspecified atom stereocenters. The van der Waals surface area contributed by atoms with Crippen LogP contribution in [0.5, 0.6) is 0 Å². The molecule has 1 amide bonds. The molecule has 1 aliphatic carbocycles. The SMILES string of the molecule is CNc1c(F)cccc1C(=O)NCC1(SC)CC1. The van der Waals surface area contributed by atoms with E-state index < -0.39 is 5.82 Å². The Morgan fingerprint density at radius 2 is 2.22 bits per heavy atom. The summed E-state index contributed by atoms with van der Waals surface area (Å²) in [4.78, 5) is 12.0. The average Bonchev–Trinajstić information content (AvgIpc) is 3.16. The Morgan fingerprint density at radius 3 is 2.78 bits per heavy atom.